The van der Waals surface area contributed by atoms with Crippen LogP contribution < -0.4 is 9.57 Å². The van der Waals surface area contributed by atoms with Crippen LogP contribution in [0.4, 0.5) is 0 Å². The Morgan fingerprint density at radius 1 is 1.30 bits per heavy atom. The van der Waals surface area contributed by atoms with Gasteiger partial charge in [0, 0.05) is 4.73 Å². The Labute approximate surface area is 68.9 Å². The van der Waals surface area contributed by atoms with E-state index in [0.717, 1.165) is 0 Å². The first-order valence-electron chi connectivity index (χ1n) is 2.64. The summed E-state index contributed by atoms with van der Waals surface area (Å²) in [4.78, 5) is 4.82. The number of hydrogen-bond acceptors (Lipinski definition) is 1. The third-order valence-corrected chi connectivity index (χ3v) is 1.40. The van der Waals surface area contributed by atoms with Crippen molar-refractivity contribution in [2.24, 2.45) is 0 Å². The second-order valence-corrected chi connectivity index (χ2v) is 2.59. The van der Waals surface area contributed by atoms with Gasteiger partial charge in [0.2, 0.25) is 12.4 Å². The highest BCUT2D eigenvalue weighted by molar-refractivity contribution is 6.34. The van der Waals surface area contributed by atoms with Gasteiger partial charge in [-0.2, -0.15) is 0 Å². The van der Waals surface area contributed by atoms with Crippen molar-refractivity contribution >= 4 is 23.2 Å². The van der Waals surface area contributed by atoms with Crippen molar-refractivity contribution in [2.75, 3.05) is 7.11 Å². The second kappa shape index (κ2) is 3.08. The van der Waals surface area contributed by atoms with Crippen LogP contribution in [0.2, 0.25) is 10.0 Å². The van der Waals surface area contributed by atoms with Crippen LogP contribution in [0.15, 0.2) is 18.5 Å². The van der Waals surface area contributed by atoms with Gasteiger partial charge in [0.05, 0.1) is 0 Å². The van der Waals surface area contributed by atoms with Gasteiger partial charge in [-0.1, -0.05) is 23.2 Å². The summed E-state index contributed by atoms with van der Waals surface area (Å²) in [6.45, 7) is 0. The monoisotopic (exact) mass is 178 g/mol. The van der Waals surface area contributed by atoms with E-state index in [9.17, 15) is 0 Å². The van der Waals surface area contributed by atoms with Gasteiger partial charge in [0.25, 0.3) is 0 Å². The van der Waals surface area contributed by atoms with E-state index in [4.69, 9.17) is 28.0 Å². The average Bonchev–Trinajstić information content (AvgIpc) is 1.85. The van der Waals surface area contributed by atoms with Crippen LogP contribution in [0.1, 0.15) is 0 Å². The number of rotatable bonds is 1. The summed E-state index contributed by atoms with van der Waals surface area (Å²) in [5.74, 6) is 0. The maximum Gasteiger partial charge on any atom is 0.241 e. The summed E-state index contributed by atoms with van der Waals surface area (Å²) >= 11 is 11.3. The molecule has 0 saturated heterocycles. The predicted octanol–water partition coefficient (Wildman–Crippen LogP) is 1.34. The summed E-state index contributed by atoms with van der Waals surface area (Å²) in [6.07, 6.45) is 3.24. The van der Waals surface area contributed by atoms with E-state index in [1.165, 1.54) is 11.8 Å². The molecule has 0 aliphatic carbocycles. The van der Waals surface area contributed by atoms with E-state index < -0.39 is 0 Å². The molecule has 54 valence electrons. The SMILES string of the molecule is CO[n+]1cc(Cl)cc(Cl)c1. The molecule has 10 heavy (non-hydrogen) atoms. The molecule has 0 aromatic carbocycles. The lowest BCUT2D eigenvalue weighted by Gasteiger charge is -1.91. The van der Waals surface area contributed by atoms with Crippen LogP contribution in [-0.2, 0) is 0 Å². The van der Waals surface area contributed by atoms with Crippen molar-refractivity contribution in [3.05, 3.63) is 28.5 Å². The number of nitrogens with zero attached hydrogens (tertiary/aromatic N) is 1. The fraction of sp³-hybridized carbons (Fsp3) is 0.167. The van der Waals surface area contributed by atoms with Crippen LogP contribution in [-0.4, -0.2) is 7.11 Å². The van der Waals surface area contributed by atoms with E-state index in [0.29, 0.717) is 10.0 Å². The van der Waals surface area contributed by atoms with E-state index in [1.54, 1.807) is 18.5 Å². The van der Waals surface area contributed by atoms with E-state index in [2.05, 4.69) is 0 Å². The Morgan fingerprint density at radius 3 is 2.20 bits per heavy atom. The van der Waals surface area contributed by atoms with Gasteiger partial charge < -0.3 is 0 Å². The normalized spacial score (nSPS) is 9.50. The summed E-state index contributed by atoms with van der Waals surface area (Å²) in [7, 11) is 1.53. The van der Waals surface area contributed by atoms with Crippen LogP contribution in [0.5, 0.6) is 0 Å². The van der Waals surface area contributed by atoms with Crippen LogP contribution >= 0.6 is 23.2 Å². The number of pyridine rings is 1. The third kappa shape index (κ3) is 1.75. The molecule has 1 aromatic rings. The summed E-state index contributed by atoms with van der Waals surface area (Å²) in [5, 5.41) is 1.10. The highest BCUT2D eigenvalue weighted by Crippen LogP contribution is 2.10. The molecular formula is C6H6Cl2NO+. The summed E-state index contributed by atoms with van der Waals surface area (Å²) in [6, 6.07) is 1.64. The first kappa shape index (κ1) is 7.63. The molecule has 2 nitrogen and oxygen atoms in total. The smallest absolute Gasteiger partial charge is 0.241 e. The highest BCUT2D eigenvalue weighted by atomic mass is 35.5. The lowest BCUT2D eigenvalue weighted by atomic mass is 10.5. The molecule has 1 rings (SSSR count). The van der Waals surface area contributed by atoms with Gasteiger partial charge in [0.15, 0.2) is 0 Å². The minimum absolute atomic E-state index is 0.550. The van der Waals surface area contributed by atoms with Gasteiger partial charge in [0.1, 0.15) is 17.2 Å². The van der Waals surface area contributed by atoms with Crippen molar-refractivity contribution in [3.8, 4) is 0 Å². The molecule has 0 bridgehead atoms. The molecule has 0 spiro atoms. The zero-order valence-electron chi connectivity index (χ0n) is 5.34. The fourth-order valence-electron chi connectivity index (χ4n) is 0.592. The minimum Gasteiger partial charge on any atom is -0.275 e. The minimum atomic E-state index is 0.550. The van der Waals surface area contributed by atoms with Crippen molar-refractivity contribution < 1.29 is 9.57 Å². The zero-order chi connectivity index (χ0) is 7.56. The largest absolute Gasteiger partial charge is 0.275 e. The number of hydrogen-bond donors (Lipinski definition) is 0. The molecule has 0 radical (unpaired) electrons. The first-order valence-corrected chi connectivity index (χ1v) is 3.40. The Morgan fingerprint density at radius 2 is 1.80 bits per heavy atom. The third-order valence-electron chi connectivity index (χ3n) is 0.988. The molecule has 0 aliphatic rings. The summed E-state index contributed by atoms with van der Waals surface area (Å²) < 4.78 is 1.44. The Balaban J connectivity index is 3.06. The predicted molar refractivity (Wildman–Crippen MR) is 39.2 cm³/mol. The Kier molecular flexibility index (Phi) is 2.35. The number of halogens is 2. The second-order valence-electron chi connectivity index (χ2n) is 1.71. The van der Waals surface area contributed by atoms with Gasteiger partial charge in [-0.25, -0.2) is 0 Å². The topological polar surface area (TPSA) is 13.1 Å². The maximum atomic E-state index is 5.64. The van der Waals surface area contributed by atoms with Crippen molar-refractivity contribution in [2.45, 2.75) is 0 Å². The molecule has 0 unspecified atom stereocenters. The molecule has 1 aromatic heterocycles. The van der Waals surface area contributed by atoms with Crippen LogP contribution in [0.25, 0.3) is 0 Å². The van der Waals surface area contributed by atoms with Crippen molar-refractivity contribution in [1.29, 1.82) is 0 Å². The fourth-order valence-corrected chi connectivity index (χ4v) is 1.08. The molecule has 0 fully saturated rings. The summed E-state index contributed by atoms with van der Waals surface area (Å²) in [5.41, 5.74) is 0. The Hall–Kier alpha value is -0.470. The van der Waals surface area contributed by atoms with Gasteiger partial charge in [-0.15, -0.1) is 0 Å². The Bertz CT molecular complexity index is 219. The molecular weight excluding hydrogens is 173 g/mol. The molecule has 0 N–H and O–H groups in total. The van der Waals surface area contributed by atoms with Crippen LogP contribution in [0, 0.1) is 0 Å². The molecule has 0 amide bonds. The lowest BCUT2D eigenvalue weighted by Crippen LogP contribution is -2.39. The quantitative estimate of drug-likeness (QED) is 0.593. The average molecular weight is 179 g/mol. The first-order chi connectivity index (χ1) is 4.72. The van der Waals surface area contributed by atoms with Crippen molar-refractivity contribution in [1.82, 2.24) is 0 Å². The van der Waals surface area contributed by atoms with Gasteiger partial charge in [-0.05, 0) is 6.07 Å². The molecule has 0 saturated carbocycles. The zero-order valence-corrected chi connectivity index (χ0v) is 6.86. The lowest BCUT2D eigenvalue weighted by molar-refractivity contribution is -0.885. The molecule has 0 atom stereocenters. The van der Waals surface area contributed by atoms with E-state index in [-0.39, 0.29) is 0 Å². The van der Waals surface area contributed by atoms with Crippen molar-refractivity contribution in [3.63, 3.8) is 0 Å². The van der Waals surface area contributed by atoms with Gasteiger partial charge >= 0.3 is 0 Å². The number of aromatic nitrogens is 1. The molecule has 4 heteroatoms. The molecule has 1 heterocycles. The van der Waals surface area contributed by atoms with Crippen LogP contribution in [0.3, 0.4) is 0 Å². The standard InChI is InChI=1S/C6H6Cl2NO/c1-10-9-3-5(7)2-6(8)4-9/h2-4H,1H3/q+1. The van der Waals surface area contributed by atoms with Gasteiger partial charge in [-0.3, -0.25) is 4.84 Å². The van der Waals surface area contributed by atoms with E-state index in [1.807, 2.05) is 0 Å². The molecule has 0 aliphatic heterocycles. The van der Waals surface area contributed by atoms with E-state index >= 15 is 0 Å². The maximum absolute atomic E-state index is 5.64. The highest BCUT2D eigenvalue weighted by Gasteiger charge is 2.03.